The summed E-state index contributed by atoms with van der Waals surface area (Å²) >= 11 is 3.78. The van der Waals surface area contributed by atoms with Crippen LogP contribution in [0.1, 0.15) is 5.56 Å². The number of rotatable bonds is 1. The van der Waals surface area contributed by atoms with E-state index in [1.165, 1.54) is 0 Å². The molecule has 64 valence electrons. The number of benzene rings is 1. The molecular formula is C8H9NO2S. The molecule has 0 saturated heterocycles. The van der Waals surface area contributed by atoms with Crippen LogP contribution >= 0.6 is 12.8 Å². The Bertz CT molecular complexity index is 284. The smallest absolute Gasteiger partial charge is 0.421 e. The Hall–Kier alpha value is -1.16. The van der Waals surface area contributed by atoms with Gasteiger partial charge in [0.1, 0.15) is 0 Å². The van der Waals surface area contributed by atoms with E-state index in [9.17, 15) is 4.79 Å². The van der Waals surface area contributed by atoms with Crippen LogP contribution in [0.2, 0.25) is 0 Å². The average Bonchev–Trinajstić information content (AvgIpc) is 2.04. The number of carbonyl (C=O) groups is 1. The van der Waals surface area contributed by atoms with E-state index in [1.807, 2.05) is 19.1 Å². The van der Waals surface area contributed by atoms with Gasteiger partial charge in [-0.15, -0.1) is 0 Å². The summed E-state index contributed by atoms with van der Waals surface area (Å²) in [5, 5.41) is 8.55. The van der Waals surface area contributed by atoms with Crippen LogP contribution in [-0.4, -0.2) is 11.2 Å². The molecule has 0 fully saturated rings. The number of hydrogen-bond donors (Lipinski definition) is 2. The van der Waals surface area contributed by atoms with E-state index in [0.717, 1.165) is 9.87 Å². The van der Waals surface area contributed by atoms with E-state index < -0.39 is 6.09 Å². The van der Waals surface area contributed by atoms with Crippen LogP contribution in [0.15, 0.2) is 24.3 Å². The zero-order chi connectivity index (χ0) is 9.14. The average molecular weight is 183 g/mol. The van der Waals surface area contributed by atoms with Crippen LogP contribution < -0.4 is 4.31 Å². The third-order valence-electron chi connectivity index (χ3n) is 1.46. The summed E-state index contributed by atoms with van der Waals surface area (Å²) in [5.74, 6) is 0. The quantitative estimate of drug-likeness (QED) is 0.656. The molecular weight excluding hydrogens is 174 g/mol. The zero-order valence-corrected chi connectivity index (χ0v) is 7.45. The Balaban J connectivity index is 2.89. The van der Waals surface area contributed by atoms with Gasteiger partial charge in [-0.3, -0.25) is 0 Å². The van der Waals surface area contributed by atoms with E-state index in [4.69, 9.17) is 5.11 Å². The molecule has 4 heteroatoms. The molecule has 0 unspecified atom stereocenters. The Morgan fingerprint density at radius 2 is 1.92 bits per heavy atom. The molecule has 0 aliphatic rings. The van der Waals surface area contributed by atoms with Gasteiger partial charge in [0.05, 0.1) is 5.69 Å². The summed E-state index contributed by atoms with van der Waals surface area (Å²) in [5.41, 5.74) is 1.64. The maximum Gasteiger partial charge on any atom is 0.421 e. The summed E-state index contributed by atoms with van der Waals surface area (Å²) in [6.07, 6.45) is -1.08. The summed E-state index contributed by atoms with van der Waals surface area (Å²) in [7, 11) is 0. The molecule has 12 heavy (non-hydrogen) atoms. The number of amides is 1. The first-order valence-electron chi connectivity index (χ1n) is 3.40. The SMILES string of the molecule is Cc1ccc(N(S)C(=O)O)cc1. The van der Waals surface area contributed by atoms with Gasteiger partial charge in [0.2, 0.25) is 0 Å². The molecule has 0 bridgehead atoms. The summed E-state index contributed by atoms with van der Waals surface area (Å²) in [6.45, 7) is 1.94. The van der Waals surface area contributed by atoms with E-state index in [-0.39, 0.29) is 0 Å². The molecule has 1 aromatic rings. The Morgan fingerprint density at radius 3 is 2.33 bits per heavy atom. The molecule has 0 heterocycles. The molecule has 0 aliphatic heterocycles. The lowest BCUT2D eigenvalue weighted by Crippen LogP contribution is -2.17. The Kier molecular flexibility index (Phi) is 2.60. The summed E-state index contributed by atoms with van der Waals surface area (Å²) in [4.78, 5) is 10.4. The fourth-order valence-electron chi connectivity index (χ4n) is 0.796. The normalized spacial score (nSPS) is 9.50. The summed E-state index contributed by atoms with van der Waals surface area (Å²) < 4.78 is 0.874. The van der Waals surface area contributed by atoms with E-state index in [2.05, 4.69) is 12.8 Å². The van der Waals surface area contributed by atoms with E-state index in [0.29, 0.717) is 5.69 Å². The molecule has 0 saturated carbocycles. The van der Waals surface area contributed by atoms with Gasteiger partial charge in [-0.1, -0.05) is 30.5 Å². The molecule has 1 rings (SSSR count). The number of anilines is 1. The molecule has 0 aliphatic carbocycles. The largest absolute Gasteiger partial charge is 0.464 e. The molecule has 0 spiro atoms. The fourth-order valence-corrected chi connectivity index (χ4v) is 0.930. The topological polar surface area (TPSA) is 40.5 Å². The van der Waals surface area contributed by atoms with Gasteiger partial charge in [0.25, 0.3) is 0 Å². The van der Waals surface area contributed by atoms with Gasteiger partial charge in [0, 0.05) is 0 Å². The lowest BCUT2D eigenvalue weighted by molar-refractivity contribution is 0.206. The maximum atomic E-state index is 10.4. The lowest BCUT2D eigenvalue weighted by Gasteiger charge is -2.10. The predicted octanol–water partition coefficient (Wildman–Crippen LogP) is 2.32. The second-order valence-electron chi connectivity index (χ2n) is 2.43. The fraction of sp³-hybridized carbons (Fsp3) is 0.125. The number of aryl methyl sites for hydroxylation is 1. The van der Waals surface area contributed by atoms with Crippen LogP contribution in [0.4, 0.5) is 10.5 Å². The standard InChI is InChI=1S/C8H9NO2S/c1-6-2-4-7(5-3-6)9(12)8(10)11/h2-5,12H,1H3,(H,10,11). The predicted molar refractivity (Wildman–Crippen MR) is 50.7 cm³/mol. The number of nitrogens with zero attached hydrogens (tertiary/aromatic N) is 1. The lowest BCUT2D eigenvalue weighted by atomic mass is 10.2. The first kappa shape index (κ1) is 8.93. The molecule has 1 aromatic carbocycles. The van der Waals surface area contributed by atoms with Gasteiger partial charge in [0.15, 0.2) is 0 Å². The Morgan fingerprint density at radius 1 is 1.42 bits per heavy atom. The maximum absolute atomic E-state index is 10.4. The van der Waals surface area contributed by atoms with Crippen molar-refractivity contribution in [2.45, 2.75) is 6.92 Å². The summed E-state index contributed by atoms with van der Waals surface area (Å²) in [6, 6.07) is 7.08. The van der Waals surface area contributed by atoms with Crippen molar-refractivity contribution in [3.05, 3.63) is 29.8 Å². The Labute approximate surface area is 76.2 Å². The highest BCUT2D eigenvalue weighted by atomic mass is 32.1. The van der Waals surface area contributed by atoms with Crippen molar-refractivity contribution >= 4 is 24.6 Å². The minimum atomic E-state index is -1.08. The van der Waals surface area contributed by atoms with Crippen molar-refractivity contribution in [1.82, 2.24) is 0 Å². The first-order valence-corrected chi connectivity index (χ1v) is 3.80. The van der Waals surface area contributed by atoms with Crippen LogP contribution in [0.5, 0.6) is 0 Å². The van der Waals surface area contributed by atoms with Crippen molar-refractivity contribution in [1.29, 1.82) is 0 Å². The second kappa shape index (κ2) is 3.49. The van der Waals surface area contributed by atoms with E-state index in [1.54, 1.807) is 12.1 Å². The van der Waals surface area contributed by atoms with Gasteiger partial charge < -0.3 is 5.11 Å². The van der Waals surface area contributed by atoms with Crippen LogP contribution in [-0.2, 0) is 0 Å². The molecule has 1 amide bonds. The minimum Gasteiger partial charge on any atom is -0.464 e. The molecule has 0 atom stereocenters. The van der Waals surface area contributed by atoms with Gasteiger partial charge in [-0.25, -0.2) is 9.10 Å². The monoisotopic (exact) mass is 183 g/mol. The number of carboxylic acid groups (broad SMARTS) is 1. The highest BCUT2D eigenvalue weighted by molar-refractivity contribution is 7.82. The van der Waals surface area contributed by atoms with Crippen molar-refractivity contribution in [3.8, 4) is 0 Å². The van der Waals surface area contributed by atoms with Crippen LogP contribution in [0.3, 0.4) is 0 Å². The van der Waals surface area contributed by atoms with Crippen molar-refractivity contribution in [2.24, 2.45) is 0 Å². The highest BCUT2D eigenvalue weighted by Gasteiger charge is 2.07. The zero-order valence-electron chi connectivity index (χ0n) is 6.56. The van der Waals surface area contributed by atoms with Crippen LogP contribution in [0, 0.1) is 6.92 Å². The molecule has 3 nitrogen and oxygen atoms in total. The van der Waals surface area contributed by atoms with Crippen molar-refractivity contribution in [2.75, 3.05) is 4.31 Å². The second-order valence-corrected chi connectivity index (χ2v) is 2.83. The minimum absolute atomic E-state index is 0.552. The third-order valence-corrected chi connectivity index (χ3v) is 1.86. The molecule has 1 N–H and O–H groups in total. The number of hydrogen-bond acceptors (Lipinski definition) is 2. The van der Waals surface area contributed by atoms with Crippen molar-refractivity contribution < 1.29 is 9.90 Å². The first-order chi connectivity index (χ1) is 5.61. The van der Waals surface area contributed by atoms with E-state index >= 15 is 0 Å². The van der Waals surface area contributed by atoms with Gasteiger partial charge in [-0.2, -0.15) is 0 Å². The van der Waals surface area contributed by atoms with Gasteiger partial charge >= 0.3 is 6.09 Å². The van der Waals surface area contributed by atoms with Gasteiger partial charge in [-0.05, 0) is 19.1 Å². The molecule has 0 aromatic heterocycles. The third kappa shape index (κ3) is 1.92. The molecule has 0 radical (unpaired) electrons. The van der Waals surface area contributed by atoms with Crippen molar-refractivity contribution in [3.63, 3.8) is 0 Å². The highest BCUT2D eigenvalue weighted by Crippen LogP contribution is 2.16. The number of thiol groups is 1. The van der Waals surface area contributed by atoms with Crippen LogP contribution in [0.25, 0.3) is 0 Å².